The Morgan fingerprint density at radius 3 is 2.90 bits per heavy atom. The number of nitrogens with zero attached hydrogens (tertiary/aromatic N) is 3. The van der Waals surface area contributed by atoms with Crippen LogP contribution in [-0.2, 0) is 26.1 Å². The molecule has 0 aliphatic heterocycles. The first-order chi connectivity index (χ1) is 10.1. The summed E-state index contributed by atoms with van der Waals surface area (Å²) in [6.07, 6.45) is 2.90. The summed E-state index contributed by atoms with van der Waals surface area (Å²) >= 11 is 0. The molecule has 2 aromatic rings. The fourth-order valence-corrected chi connectivity index (χ4v) is 2.22. The summed E-state index contributed by atoms with van der Waals surface area (Å²) in [7, 11) is 0. The number of aryl methyl sites for hydroxylation is 1. The molecule has 0 unspecified atom stereocenters. The molecule has 6 nitrogen and oxygen atoms in total. The van der Waals surface area contributed by atoms with Gasteiger partial charge in [-0.15, -0.1) is 0 Å². The largest absolute Gasteiger partial charge is 0.394 e. The summed E-state index contributed by atoms with van der Waals surface area (Å²) in [6.45, 7) is 8.30. The lowest BCUT2D eigenvalue weighted by atomic mass is 10.1. The summed E-state index contributed by atoms with van der Waals surface area (Å²) in [5.41, 5.74) is 3.12. The molecule has 0 fully saturated rings. The maximum absolute atomic E-state index is 8.91. The minimum atomic E-state index is 0.102. The van der Waals surface area contributed by atoms with Gasteiger partial charge in [0.1, 0.15) is 0 Å². The van der Waals surface area contributed by atoms with Crippen molar-refractivity contribution in [2.45, 2.75) is 46.8 Å². The predicted octanol–water partition coefficient (Wildman–Crippen LogP) is 1.66. The minimum absolute atomic E-state index is 0.102. The zero-order chi connectivity index (χ0) is 15.2. The van der Waals surface area contributed by atoms with Gasteiger partial charge in [-0.3, -0.25) is 4.68 Å². The lowest BCUT2D eigenvalue weighted by Gasteiger charge is -2.00. The highest BCUT2D eigenvalue weighted by molar-refractivity contribution is 5.15. The number of aliphatic hydroxyl groups excluding tert-OH is 1. The second kappa shape index (κ2) is 7.38. The Morgan fingerprint density at radius 2 is 2.19 bits per heavy atom. The third-order valence-electron chi connectivity index (χ3n) is 3.22. The normalized spacial score (nSPS) is 11.5. The number of nitrogens with one attached hydrogen (secondary N) is 1. The molecular weight excluding hydrogens is 268 g/mol. The zero-order valence-corrected chi connectivity index (χ0v) is 13.0. The molecule has 0 radical (unpaired) electrons. The number of hydrogen-bond acceptors (Lipinski definition) is 5. The Hall–Kier alpha value is -1.66. The van der Waals surface area contributed by atoms with Crippen molar-refractivity contribution in [2.24, 2.45) is 5.92 Å². The third-order valence-corrected chi connectivity index (χ3v) is 3.22. The van der Waals surface area contributed by atoms with Gasteiger partial charge in [0.2, 0.25) is 0 Å². The maximum Gasteiger partial charge on any atom is 0.150 e. The van der Waals surface area contributed by atoms with Crippen molar-refractivity contribution in [1.82, 2.24) is 20.3 Å². The summed E-state index contributed by atoms with van der Waals surface area (Å²) in [5.74, 6) is 1.43. The van der Waals surface area contributed by atoms with Crippen LogP contribution in [0.1, 0.15) is 36.6 Å². The molecular formula is C15H24N4O2. The maximum atomic E-state index is 8.91. The average molecular weight is 292 g/mol. The van der Waals surface area contributed by atoms with Crippen LogP contribution in [0.4, 0.5) is 0 Å². The van der Waals surface area contributed by atoms with E-state index < -0.39 is 0 Å². The molecule has 116 valence electrons. The highest BCUT2D eigenvalue weighted by Crippen LogP contribution is 2.10. The van der Waals surface area contributed by atoms with E-state index in [0.29, 0.717) is 19.0 Å². The summed E-state index contributed by atoms with van der Waals surface area (Å²) in [4.78, 5) is 0. The third kappa shape index (κ3) is 4.68. The number of rotatable bonds is 8. The van der Waals surface area contributed by atoms with Crippen molar-refractivity contribution in [3.8, 4) is 0 Å². The highest BCUT2D eigenvalue weighted by Gasteiger charge is 2.07. The van der Waals surface area contributed by atoms with E-state index in [-0.39, 0.29) is 6.61 Å². The van der Waals surface area contributed by atoms with Gasteiger partial charge in [0, 0.05) is 24.4 Å². The molecule has 2 rings (SSSR count). The van der Waals surface area contributed by atoms with E-state index in [9.17, 15) is 0 Å². The first-order valence-electron chi connectivity index (χ1n) is 7.37. The molecule has 2 aromatic heterocycles. The lowest BCUT2D eigenvalue weighted by Crippen LogP contribution is -2.12. The Labute approximate surface area is 125 Å². The van der Waals surface area contributed by atoms with Crippen molar-refractivity contribution in [1.29, 1.82) is 0 Å². The van der Waals surface area contributed by atoms with Gasteiger partial charge in [-0.25, -0.2) is 0 Å². The topological polar surface area (TPSA) is 76.1 Å². The first kappa shape index (κ1) is 15.7. The van der Waals surface area contributed by atoms with Crippen LogP contribution < -0.4 is 5.32 Å². The Kier molecular flexibility index (Phi) is 5.52. The van der Waals surface area contributed by atoms with E-state index in [0.717, 1.165) is 35.7 Å². The second-order valence-corrected chi connectivity index (χ2v) is 5.71. The van der Waals surface area contributed by atoms with Gasteiger partial charge in [-0.2, -0.15) is 5.10 Å². The van der Waals surface area contributed by atoms with Crippen LogP contribution in [0.25, 0.3) is 0 Å². The number of aromatic nitrogens is 3. The quantitative estimate of drug-likeness (QED) is 0.774. The summed E-state index contributed by atoms with van der Waals surface area (Å²) in [5, 5.41) is 20.7. The van der Waals surface area contributed by atoms with Gasteiger partial charge in [-0.1, -0.05) is 19.0 Å². The van der Waals surface area contributed by atoms with Crippen LogP contribution >= 0.6 is 0 Å². The molecule has 0 saturated heterocycles. The SMILES string of the molecule is Cc1nn(CCO)cc1CNCc1cc(CC(C)C)no1. The number of hydrogen-bond donors (Lipinski definition) is 2. The lowest BCUT2D eigenvalue weighted by molar-refractivity contribution is 0.269. The predicted molar refractivity (Wildman–Crippen MR) is 79.6 cm³/mol. The van der Waals surface area contributed by atoms with Crippen molar-refractivity contribution < 1.29 is 9.63 Å². The van der Waals surface area contributed by atoms with Gasteiger partial charge in [0.05, 0.1) is 31.1 Å². The monoisotopic (exact) mass is 292 g/mol. The van der Waals surface area contributed by atoms with Crippen LogP contribution in [-0.4, -0.2) is 26.7 Å². The number of aliphatic hydroxyl groups is 1. The molecule has 0 saturated carbocycles. The molecule has 21 heavy (non-hydrogen) atoms. The van der Waals surface area contributed by atoms with Gasteiger partial charge >= 0.3 is 0 Å². The Balaban J connectivity index is 1.82. The van der Waals surface area contributed by atoms with Crippen LogP contribution in [0.2, 0.25) is 0 Å². The molecule has 0 bridgehead atoms. The van der Waals surface area contributed by atoms with Crippen LogP contribution in [0.3, 0.4) is 0 Å². The van der Waals surface area contributed by atoms with Crippen molar-refractivity contribution >= 4 is 0 Å². The van der Waals surface area contributed by atoms with Crippen molar-refractivity contribution in [3.63, 3.8) is 0 Å². The molecule has 0 aliphatic rings. The van der Waals surface area contributed by atoms with Crippen LogP contribution in [0.5, 0.6) is 0 Å². The second-order valence-electron chi connectivity index (χ2n) is 5.71. The van der Waals surface area contributed by atoms with E-state index in [1.165, 1.54) is 0 Å². The Morgan fingerprint density at radius 1 is 1.38 bits per heavy atom. The van der Waals surface area contributed by atoms with Gasteiger partial charge in [-0.05, 0) is 19.3 Å². The molecule has 2 N–H and O–H groups in total. The molecule has 0 spiro atoms. The summed E-state index contributed by atoms with van der Waals surface area (Å²) in [6, 6.07) is 2.01. The van der Waals surface area contributed by atoms with E-state index in [1.807, 2.05) is 19.2 Å². The fourth-order valence-electron chi connectivity index (χ4n) is 2.22. The zero-order valence-electron chi connectivity index (χ0n) is 13.0. The van der Waals surface area contributed by atoms with Gasteiger partial charge < -0.3 is 14.9 Å². The van der Waals surface area contributed by atoms with Crippen LogP contribution in [0, 0.1) is 12.8 Å². The summed E-state index contributed by atoms with van der Waals surface area (Å²) < 4.78 is 7.08. The Bertz CT molecular complexity index is 560. The van der Waals surface area contributed by atoms with E-state index in [4.69, 9.17) is 9.63 Å². The molecule has 0 aliphatic carbocycles. The van der Waals surface area contributed by atoms with Crippen LogP contribution in [0.15, 0.2) is 16.8 Å². The standard InChI is InChI=1S/C15H24N4O2/c1-11(2)6-14-7-15(21-18-14)9-16-8-13-10-19(4-5-20)17-12(13)3/h7,10-11,16,20H,4-6,8-9H2,1-3H3. The van der Waals surface area contributed by atoms with Gasteiger partial charge in [0.15, 0.2) is 5.76 Å². The molecule has 0 aromatic carbocycles. The molecule has 0 atom stereocenters. The molecule has 0 amide bonds. The van der Waals surface area contributed by atoms with Crippen molar-refractivity contribution in [3.05, 3.63) is 35.0 Å². The molecule has 2 heterocycles. The van der Waals surface area contributed by atoms with E-state index in [1.54, 1.807) is 4.68 Å². The first-order valence-corrected chi connectivity index (χ1v) is 7.37. The van der Waals surface area contributed by atoms with E-state index >= 15 is 0 Å². The average Bonchev–Trinajstić information content (AvgIpc) is 2.97. The fraction of sp³-hybridized carbons (Fsp3) is 0.600. The smallest absolute Gasteiger partial charge is 0.150 e. The van der Waals surface area contributed by atoms with E-state index in [2.05, 4.69) is 29.4 Å². The minimum Gasteiger partial charge on any atom is -0.394 e. The van der Waals surface area contributed by atoms with Crippen molar-refractivity contribution in [2.75, 3.05) is 6.61 Å². The van der Waals surface area contributed by atoms with Gasteiger partial charge in [0.25, 0.3) is 0 Å². The highest BCUT2D eigenvalue weighted by atomic mass is 16.5. The molecule has 6 heteroatoms.